The average Bonchev–Trinajstić information content (AvgIpc) is 2.29. The van der Waals surface area contributed by atoms with E-state index in [1.54, 1.807) is 0 Å². The SMILES string of the molecule is CC12CCC(C(=O)C1)C(O)C2c1ccccc1. The van der Waals surface area contributed by atoms with Gasteiger partial charge in [0.25, 0.3) is 0 Å². The Morgan fingerprint density at radius 1 is 1.29 bits per heavy atom. The Bertz CT molecular complexity index is 439. The first-order valence-electron chi connectivity index (χ1n) is 6.37. The molecule has 0 aliphatic heterocycles. The van der Waals surface area contributed by atoms with E-state index in [-0.39, 0.29) is 23.0 Å². The highest BCUT2D eigenvalue weighted by Crippen LogP contribution is 2.56. The van der Waals surface area contributed by atoms with Crippen LogP contribution in [0.1, 0.15) is 37.7 Å². The van der Waals surface area contributed by atoms with Gasteiger partial charge in [-0.2, -0.15) is 0 Å². The van der Waals surface area contributed by atoms with Gasteiger partial charge in [-0.15, -0.1) is 0 Å². The van der Waals surface area contributed by atoms with E-state index in [4.69, 9.17) is 0 Å². The average molecular weight is 230 g/mol. The van der Waals surface area contributed by atoms with Crippen molar-refractivity contribution < 1.29 is 9.90 Å². The molecule has 0 spiro atoms. The van der Waals surface area contributed by atoms with Crippen LogP contribution < -0.4 is 0 Å². The van der Waals surface area contributed by atoms with Crippen LogP contribution in [0.25, 0.3) is 0 Å². The zero-order valence-corrected chi connectivity index (χ0v) is 10.1. The van der Waals surface area contributed by atoms with Crippen molar-refractivity contribution in [2.45, 2.75) is 38.2 Å². The molecule has 2 heteroatoms. The summed E-state index contributed by atoms with van der Waals surface area (Å²) in [7, 11) is 0. The van der Waals surface area contributed by atoms with Gasteiger partial charge in [0.1, 0.15) is 5.78 Å². The molecule has 0 heterocycles. The van der Waals surface area contributed by atoms with Crippen molar-refractivity contribution in [3.8, 4) is 0 Å². The second kappa shape index (κ2) is 3.67. The first-order valence-corrected chi connectivity index (χ1v) is 6.37. The van der Waals surface area contributed by atoms with Gasteiger partial charge < -0.3 is 5.11 Å². The Labute approximate surface area is 102 Å². The van der Waals surface area contributed by atoms with Gasteiger partial charge in [0.2, 0.25) is 0 Å². The quantitative estimate of drug-likeness (QED) is 0.805. The number of aliphatic hydroxyl groups is 1. The molecule has 4 unspecified atom stereocenters. The van der Waals surface area contributed by atoms with E-state index >= 15 is 0 Å². The normalized spacial score (nSPS) is 40.6. The van der Waals surface area contributed by atoms with Crippen LogP contribution in [-0.4, -0.2) is 17.0 Å². The molecule has 4 rings (SSSR count). The van der Waals surface area contributed by atoms with Crippen molar-refractivity contribution in [1.82, 2.24) is 0 Å². The molecule has 1 aromatic carbocycles. The lowest BCUT2D eigenvalue weighted by atomic mass is 9.52. The minimum atomic E-state index is -0.489. The lowest BCUT2D eigenvalue weighted by Crippen LogP contribution is -2.53. The molecule has 0 radical (unpaired) electrons. The van der Waals surface area contributed by atoms with E-state index in [1.807, 2.05) is 18.2 Å². The molecule has 3 saturated carbocycles. The smallest absolute Gasteiger partial charge is 0.139 e. The molecule has 2 bridgehead atoms. The highest BCUT2D eigenvalue weighted by atomic mass is 16.3. The fourth-order valence-corrected chi connectivity index (χ4v) is 3.79. The third kappa shape index (κ3) is 1.54. The van der Waals surface area contributed by atoms with Crippen LogP contribution in [0.4, 0.5) is 0 Å². The van der Waals surface area contributed by atoms with Gasteiger partial charge in [-0.1, -0.05) is 37.3 Å². The fraction of sp³-hybridized carbons (Fsp3) is 0.533. The number of fused-ring (bicyclic) bond motifs is 3. The first-order chi connectivity index (χ1) is 8.12. The van der Waals surface area contributed by atoms with Crippen molar-refractivity contribution in [3.05, 3.63) is 35.9 Å². The van der Waals surface area contributed by atoms with Crippen LogP contribution in [0, 0.1) is 11.3 Å². The molecule has 0 aromatic heterocycles. The number of benzene rings is 1. The molecule has 1 aromatic rings. The predicted octanol–water partition coefficient (Wildman–Crippen LogP) is 2.52. The van der Waals surface area contributed by atoms with E-state index < -0.39 is 6.10 Å². The Balaban J connectivity index is 2.03. The minimum Gasteiger partial charge on any atom is -0.392 e. The van der Waals surface area contributed by atoms with Crippen LogP contribution in [0.15, 0.2) is 30.3 Å². The monoisotopic (exact) mass is 230 g/mol. The van der Waals surface area contributed by atoms with Crippen LogP contribution >= 0.6 is 0 Å². The van der Waals surface area contributed by atoms with Crippen molar-refractivity contribution >= 4 is 5.78 Å². The maximum atomic E-state index is 11.9. The zero-order chi connectivity index (χ0) is 12.0. The van der Waals surface area contributed by atoms with Gasteiger partial charge in [-0.05, 0) is 23.8 Å². The lowest BCUT2D eigenvalue weighted by Gasteiger charge is -2.52. The number of hydrogen-bond acceptors (Lipinski definition) is 2. The van der Waals surface area contributed by atoms with Crippen molar-refractivity contribution in [2.24, 2.45) is 11.3 Å². The number of carbonyl (C=O) groups excluding carboxylic acids is 1. The molecule has 0 amide bonds. The zero-order valence-electron chi connectivity index (χ0n) is 10.1. The topological polar surface area (TPSA) is 37.3 Å². The van der Waals surface area contributed by atoms with Crippen molar-refractivity contribution in [2.75, 3.05) is 0 Å². The number of carbonyl (C=O) groups is 1. The van der Waals surface area contributed by atoms with Crippen LogP contribution in [0.3, 0.4) is 0 Å². The summed E-state index contributed by atoms with van der Waals surface area (Å²) in [6, 6.07) is 10.2. The molecule has 1 N–H and O–H groups in total. The van der Waals surface area contributed by atoms with Gasteiger partial charge >= 0.3 is 0 Å². The number of hydrogen-bond donors (Lipinski definition) is 1. The summed E-state index contributed by atoms with van der Waals surface area (Å²) in [4.78, 5) is 11.9. The summed E-state index contributed by atoms with van der Waals surface area (Å²) in [6.07, 6.45) is 2.06. The summed E-state index contributed by atoms with van der Waals surface area (Å²) < 4.78 is 0. The number of rotatable bonds is 1. The molecular formula is C15H18O2. The van der Waals surface area contributed by atoms with Crippen molar-refractivity contribution in [1.29, 1.82) is 0 Å². The number of aliphatic hydroxyl groups excluding tert-OH is 1. The summed E-state index contributed by atoms with van der Waals surface area (Å²) in [6.45, 7) is 2.15. The number of Topliss-reactive ketones (excluding diaryl/α,β-unsaturated/α-hetero) is 1. The molecule has 2 nitrogen and oxygen atoms in total. The fourth-order valence-electron chi connectivity index (χ4n) is 3.79. The van der Waals surface area contributed by atoms with Gasteiger partial charge in [0.05, 0.1) is 6.10 Å². The molecule has 17 heavy (non-hydrogen) atoms. The highest BCUT2D eigenvalue weighted by molar-refractivity contribution is 5.84. The minimum absolute atomic E-state index is 0.0490. The Kier molecular flexibility index (Phi) is 2.37. The molecule has 4 atom stereocenters. The van der Waals surface area contributed by atoms with Gasteiger partial charge in [-0.25, -0.2) is 0 Å². The van der Waals surface area contributed by atoms with E-state index in [0.29, 0.717) is 6.42 Å². The Morgan fingerprint density at radius 2 is 2.00 bits per heavy atom. The second-order valence-electron chi connectivity index (χ2n) is 5.82. The highest BCUT2D eigenvalue weighted by Gasteiger charge is 2.54. The van der Waals surface area contributed by atoms with E-state index in [1.165, 1.54) is 5.56 Å². The molecule has 90 valence electrons. The maximum absolute atomic E-state index is 11.9. The van der Waals surface area contributed by atoms with Crippen LogP contribution in [0.5, 0.6) is 0 Å². The van der Waals surface area contributed by atoms with E-state index in [0.717, 1.165) is 12.8 Å². The summed E-state index contributed by atoms with van der Waals surface area (Å²) in [5, 5.41) is 10.4. The summed E-state index contributed by atoms with van der Waals surface area (Å²) in [5.41, 5.74) is 1.13. The van der Waals surface area contributed by atoms with Gasteiger partial charge in [-0.3, -0.25) is 4.79 Å². The standard InChI is InChI=1S/C15H18O2/c1-15-8-7-11(12(16)9-15)14(17)13(15)10-5-3-2-4-6-10/h2-6,11,13-14,17H,7-9H2,1H3. The van der Waals surface area contributed by atoms with E-state index in [2.05, 4.69) is 19.1 Å². The molecule has 3 fully saturated rings. The summed E-state index contributed by atoms with van der Waals surface area (Å²) in [5.74, 6) is 0.264. The van der Waals surface area contributed by atoms with E-state index in [9.17, 15) is 9.90 Å². The molecule has 3 aliphatic carbocycles. The molecular weight excluding hydrogens is 212 g/mol. The maximum Gasteiger partial charge on any atom is 0.139 e. The predicted molar refractivity (Wildman–Crippen MR) is 65.6 cm³/mol. The largest absolute Gasteiger partial charge is 0.392 e. The first kappa shape index (κ1) is 11.0. The van der Waals surface area contributed by atoms with Gasteiger partial charge in [0.15, 0.2) is 0 Å². The third-order valence-corrected chi connectivity index (χ3v) is 4.68. The Hall–Kier alpha value is -1.15. The van der Waals surface area contributed by atoms with Crippen molar-refractivity contribution in [3.63, 3.8) is 0 Å². The molecule has 0 saturated heterocycles. The Morgan fingerprint density at radius 3 is 2.59 bits per heavy atom. The van der Waals surface area contributed by atoms with Gasteiger partial charge in [0, 0.05) is 18.3 Å². The molecule has 3 aliphatic rings. The second-order valence-corrected chi connectivity index (χ2v) is 5.82. The summed E-state index contributed by atoms with van der Waals surface area (Å²) >= 11 is 0. The van der Waals surface area contributed by atoms with Crippen LogP contribution in [0.2, 0.25) is 0 Å². The lowest BCUT2D eigenvalue weighted by molar-refractivity contribution is -0.146. The number of ketones is 1. The van der Waals surface area contributed by atoms with Crippen LogP contribution in [-0.2, 0) is 4.79 Å². The third-order valence-electron chi connectivity index (χ3n) is 4.68.